The van der Waals surface area contributed by atoms with E-state index in [2.05, 4.69) is 60.1 Å². The Kier molecular flexibility index (Phi) is 5.38. The predicted octanol–water partition coefficient (Wildman–Crippen LogP) is 5.02. The number of piperidine rings is 1. The Morgan fingerprint density at radius 1 is 1.13 bits per heavy atom. The molecule has 4 nitrogen and oxygen atoms in total. The highest BCUT2D eigenvalue weighted by Gasteiger charge is 2.42. The molecule has 1 aromatic heterocycles. The van der Waals surface area contributed by atoms with Crippen LogP contribution in [0.4, 0.5) is 0 Å². The Morgan fingerprint density at radius 2 is 1.90 bits per heavy atom. The van der Waals surface area contributed by atoms with E-state index in [1.165, 1.54) is 47.7 Å². The van der Waals surface area contributed by atoms with E-state index in [0.29, 0.717) is 30.0 Å². The molecule has 2 fully saturated rings. The first-order valence-electron chi connectivity index (χ1n) is 12.2. The van der Waals surface area contributed by atoms with Gasteiger partial charge in [-0.15, -0.1) is 0 Å². The second-order valence-corrected chi connectivity index (χ2v) is 10.3. The molecule has 30 heavy (non-hydrogen) atoms. The summed E-state index contributed by atoms with van der Waals surface area (Å²) in [6.07, 6.45) is 12.0. The quantitative estimate of drug-likeness (QED) is 0.725. The first-order valence-corrected chi connectivity index (χ1v) is 12.2. The first-order chi connectivity index (χ1) is 14.5. The molecule has 2 heterocycles. The molecule has 1 saturated heterocycles. The van der Waals surface area contributed by atoms with Crippen molar-refractivity contribution in [3.05, 3.63) is 35.5 Å². The van der Waals surface area contributed by atoms with Crippen LogP contribution in [0.5, 0.6) is 0 Å². The van der Waals surface area contributed by atoms with E-state index in [1.807, 2.05) is 0 Å². The van der Waals surface area contributed by atoms with Crippen molar-refractivity contribution in [3.8, 4) is 0 Å². The van der Waals surface area contributed by atoms with Gasteiger partial charge in [-0.05, 0) is 63.8 Å². The fraction of sp³-hybridized carbons (Fsp3) is 0.654. The van der Waals surface area contributed by atoms with Gasteiger partial charge in [0.2, 0.25) is 5.91 Å². The SMILES string of the molecule is CC(C)n1cc2c3c(cccc31)C1C[C@@H](C(=O)NC3CCCCCC3)CN(C)[C@@H]1C2. The average Bonchev–Trinajstić information content (AvgIpc) is 2.91. The molecule has 0 bridgehead atoms. The summed E-state index contributed by atoms with van der Waals surface area (Å²) in [6.45, 7) is 5.41. The van der Waals surface area contributed by atoms with Gasteiger partial charge in [0.1, 0.15) is 0 Å². The number of aromatic nitrogens is 1. The molecular formula is C26H37N3O. The molecule has 1 aliphatic heterocycles. The number of carbonyl (C=O) groups excluding carboxylic acids is 1. The molecule has 0 spiro atoms. The third kappa shape index (κ3) is 3.47. The lowest BCUT2D eigenvalue weighted by molar-refractivity contribution is -0.128. The summed E-state index contributed by atoms with van der Waals surface area (Å²) in [4.78, 5) is 15.7. The molecule has 2 aliphatic carbocycles. The highest BCUT2D eigenvalue weighted by atomic mass is 16.2. The van der Waals surface area contributed by atoms with Crippen molar-refractivity contribution in [2.45, 2.75) is 89.3 Å². The summed E-state index contributed by atoms with van der Waals surface area (Å²) in [5, 5.41) is 4.90. The van der Waals surface area contributed by atoms with Crippen molar-refractivity contribution >= 4 is 16.8 Å². The van der Waals surface area contributed by atoms with E-state index in [9.17, 15) is 4.79 Å². The lowest BCUT2D eigenvalue weighted by Crippen LogP contribution is -2.52. The van der Waals surface area contributed by atoms with Crippen molar-refractivity contribution in [1.82, 2.24) is 14.8 Å². The van der Waals surface area contributed by atoms with E-state index in [0.717, 1.165) is 32.2 Å². The van der Waals surface area contributed by atoms with Gasteiger partial charge in [-0.2, -0.15) is 0 Å². The number of likely N-dealkylation sites (N-methyl/N-ethyl adjacent to an activating group) is 1. The Hall–Kier alpha value is -1.81. The van der Waals surface area contributed by atoms with E-state index < -0.39 is 0 Å². The van der Waals surface area contributed by atoms with Crippen LogP contribution < -0.4 is 5.32 Å². The van der Waals surface area contributed by atoms with Gasteiger partial charge >= 0.3 is 0 Å². The summed E-state index contributed by atoms with van der Waals surface area (Å²) in [6, 6.07) is 8.18. The van der Waals surface area contributed by atoms with E-state index >= 15 is 0 Å². The number of nitrogens with one attached hydrogen (secondary N) is 1. The third-order valence-electron chi connectivity index (χ3n) is 8.00. The summed E-state index contributed by atoms with van der Waals surface area (Å²) in [7, 11) is 2.23. The Labute approximate surface area is 181 Å². The van der Waals surface area contributed by atoms with Gasteiger partial charge in [-0.1, -0.05) is 37.8 Å². The van der Waals surface area contributed by atoms with Gasteiger partial charge < -0.3 is 14.8 Å². The van der Waals surface area contributed by atoms with Crippen molar-refractivity contribution in [2.24, 2.45) is 5.92 Å². The summed E-state index contributed by atoms with van der Waals surface area (Å²) in [5.74, 6) is 0.848. The monoisotopic (exact) mass is 407 g/mol. The van der Waals surface area contributed by atoms with Crippen LogP contribution in [0.15, 0.2) is 24.4 Å². The zero-order valence-corrected chi connectivity index (χ0v) is 18.9. The molecule has 1 amide bonds. The largest absolute Gasteiger partial charge is 0.353 e. The number of carbonyl (C=O) groups is 1. The fourth-order valence-corrected chi connectivity index (χ4v) is 6.43. The number of hydrogen-bond acceptors (Lipinski definition) is 2. The Bertz CT molecular complexity index is 922. The number of rotatable bonds is 3. The number of likely N-dealkylation sites (tertiary alicyclic amines) is 1. The first kappa shape index (κ1) is 20.1. The van der Waals surface area contributed by atoms with Crippen LogP contribution in [0.3, 0.4) is 0 Å². The van der Waals surface area contributed by atoms with Crippen LogP contribution in [0.1, 0.15) is 81.9 Å². The number of nitrogens with zero attached hydrogens (tertiary/aromatic N) is 2. The molecule has 162 valence electrons. The van der Waals surface area contributed by atoms with Gasteiger partial charge in [0.25, 0.3) is 0 Å². The second kappa shape index (κ2) is 8.03. The second-order valence-electron chi connectivity index (χ2n) is 10.3. The lowest BCUT2D eigenvalue weighted by Gasteiger charge is -2.45. The lowest BCUT2D eigenvalue weighted by atomic mass is 9.72. The molecule has 1 N–H and O–H groups in total. The molecule has 0 radical (unpaired) electrons. The van der Waals surface area contributed by atoms with E-state index in [-0.39, 0.29) is 5.92 Å². The molecule has 1 saturated carbocycles. The highest BCUT2D eigenvalue weighted by molar-refractivity contribution is 5.89. The molecule has 1 unspecified atom stereocenters. The number of amides is 1. The smallest absolute Gasteiger partial charge is 0.224 e. The topological polar surface area (TPSA) is 37.3 Å². The predicted molar refractivity (Wildman–Crippen MR) is 123 cm³/mol. The minimum absolute atomic E-state index is 0.100. The molecular weight excluding hydrogens is 370 g/mol. The number of fused-ring (bicyclic) bond motifs is 2. The average molecular weight is 408 g/mol. The molecule has 3 aliphatic rings. The Balaban J connectivity index is 1.41. The van der Waals surface area contributed by atoms with Crippen LogP contribution in [0.25, 0.3) is 10.9 Å². The third-order valence-corrected chi connectivity index (χ3v) is 8.00. The fourth-order valence-electron chi connectivity index (χ4n) is 6.43. The van der Waals surface area contributed by atoms with Gasteiger partial charge in [-0.25, -0.2) is 0 Å². The zero-order valence-electron chi connectivity index (χ0n) is 18.9. The maximum absolute atomic E-state index is 13.2. The van der Waals surface area contributed by atoms with E-state index in [4.69, 9.17) is 0 Å². The molecule has 1 aromatic carbocycles. The molecule has 2 aromatic rings. The van der Waals surface area contributed by atoms with Gasteiger partial charge in [0.15, 0.2) is 0 Å². The minimum atomic E-state index is 0.100. The van der Waals surface area contributed by atoms with Crippen LogP contribution in [-0.2, 0) is 11.2 Å². The summed E-state index contributed by atoms with van der Waals surface area (Å²) >= 11 is 0. The van der Waals surface area contributed by atoms with Crippen molar-refractivity contribution in [3.63, 3.8) is 0 Å². The van der Waals surface area contributed by atoms with Crippen molar-refractivity contribution in [2.75, 3.05) is 13.6 Å². The normalized spacial score (nSPS) is 27.8. The molecule has 5 rings (SSSR count). The van der Waals surface area contributed by atoms with Crippen LogP contribution in [0, 0.1) is 5.92 Å². The highest BCUT2D eigenvalue weighted by Crippen LogP contribution is 2.45. The molecule has 3 atom stereocenters. The molecule has 4 heteroatoms. The maximum Gasteiger partial charge on any atom is 0.224 e. The van der Waals surface area contributed by atoms with E-state index in [1.54, 1.807) is 0 Å². The standard InChI is InChI=1S/C26H37N3O/c1-17(2)29-16-18-14-24-22(21-11-8-12-23(29)25(18)21)13-19(15-28(24)3)26(30)27-20-9-6-4-5-7-10-20/h8,11-12,16-17,19-20,22,24H,4-7,9-10,13-15H2,1-3H3,(H,27,30)/t19-,22?,24-/m1/s1. The minimum Gasteiger partial charge on any atom is -0.353 e. The van der Waals surface area contributed by atoms with Crippen molar-refractivity contribution < 1.29 is 4.79 Å². The van der Waals surface area contributed by atoms with Crippen molar-refractivity contribution in [1.29, 1.82) is 0 Å². The summed E-state index contributed by atoms with van der Waals surface area (Å²) in [5.41, 5.74) is 4.32. The summed E-state index contributed by atoms with van der Waals surface area (Å²) < 4.78 is 2.43. The van der Waals surface area contributed by atoms with Gasteiger partial charge in [-0.3, -0.25) is 4.79 Å². The maximum atomic E-state index is 13.2. The van der Waals surface area contributed by atoms with Gasteiger partial charge in [0, 0.05) is 47.7 Å². The Morgan fingerprint density at radius 3 is 2.63 bits per heavy atom. The van der Waals surface area contributed by atoms with Crippen LogP contribution >= 0.6 is 0 Å². The number of benzene rings is 1. The van der Waals surface area contributed by atoms with Crippen LogP contribution in [0.2, 0.25) is 0 Å². The van der Waals surface area contributed by atoms with Crippen LogP contribution in [-0.4, -0.2) is 41.1 Å². The van der Waals surface area contributed by atoms with Gasteiger partial charge in [0.05, 0.1) is 5.92 Å². The number of hydrogen-bond donors (Lipinski definition) is 1. The zero-order chi connectivity index (χ0) is 20.8.